The van der Waals surface area contributed by atoms with Crippen molar-refractivity contribution in [2.45, 2.75) is 157 Å². The predicted octanol–water partition coefficient (Wildman–Crippen LogP) is 31.1. The normalized spacial score (nSPS) is 10.8. The fourth-order valence-corrected chi connectivity index (χ4v) is 14.7. The van der Waals surface area contributed by atoms with Gasteiger partial charge in [0.05, 0.1) is 33.8 Å². The number of nitrogens with zero attached hydrogens (tertiary/aromatic N) is 5. The van der Waals surface area contributed by atoms with Crippen LogP contribution in [0.4, 0.5) is 4.39 Å². The number of aromatic nitrogens is 5. The summed E-state index contributed by atoms with van der Waals surface area (Å²) in [4.78, 5) is 54.6. The van der Waals surface area contributed by atoms with Gasteiger partial charge in [-0.05, 0) is 213 Å². The van der Waals surface area contributed by atoms with Crippen molar-refractivity contribution in [1.29, 1.82) is 0 Å². The van der Waals surface area contributed by atoms with Crippen molar-refractivity contribution in [3.05, 3.63) is 413 Å². The van der Waals surface area contributed by atoms with Crippen LogP contribution in [-0.4, -0.2) is 57.6 Å². The first-order chi connectivity index (χ1) is 63.6. The van der Waals surface area contributed by atoms with E-state index in [2.05, 4.69) is 279 Å². The van der Waals surface area contributed by atoms with Crippen LogP contribution in [0.5, 0.6) is 0 Å². The number of fused-ring (bicyclic) bond motifs is 3. The fraction of sp³-hybridized carbons (Fsp3) is 0.223. The number of carbonyl (C=O) groups excluding carboxylic acids is 3. The number of aliphatic hydroxyl groups is 3. The monoisotopic (exact) mass is 2530 g/mol. The molecule has 0 aliphatic carbocycles. The maximum absolute atomic E-state index is 13.5. The molecule has 0 atom stereocenters. The summed E-state index contributed by atoms with van der Waals surface area (Å²) >= 11 is 0. The van der Waals surface area contributed by atoms with Gasteiger partial charge in [-0.2, -0.15) is 0 Å². The van der Waals surface area contributed by atoms with E-state index in [0.29, 0.717) is 36.5 Å². The van der Waals surface area contributed by atoms with E-state index < -0.39 is 0 Å². The van der Waals surface area contributed by atoms with Crippen LogP contribution in [0.1, 0.15) is 146 Å². The van der Waals surface area contributed by atoms with Crippen LogP contribution < -0.4 is 0 Å². The van der Waals surface area contributed by atoms with Gasteiger partial charge in [0.1, 0.15) is 5.82 Å². The Kier molecular flexibility index (Phi) is 49.5. The molecule has 0 aliphatic heterocycles. The number of halogens is 1. The van der Waals surface area contributed by atoms with Crippen molar-refractivity contribution in [3.63, 3.8) is 0 Å². The predicted molar refractivity (Wildman–Crippen MR) is 550 cm³/mol. The number of aryl methyl sites for hydroxylation is 7. The molecule has 137 heavy (non-hydrogen) atoms. The van der Waals surface area contributed by atoms with Crippen molar-refractivity contribution in [2.24, 2.45) is 23.7 Å². The average molecular weight is 2530 g/mol. The van der Waals surface area contributed by atoms with E-state index in [-0.39, 0.29) is 121 Å². The van der Waals surface area contributed by atoms with Crippen LogP contribution in [-0.2, 0) is 108 Å². The van der Waals surface area contributed by atoms with Crippen LogP contribution >= 0.6 is 0 Å². The smallest absolute Gasteiger partial charge is 0.159 e. The van der Waals surface area contributed by atoms with E-state index in [1.807, 2.05) is 143 Å². The molecule has 4 radical (unpaired) electrons. The molecule has 5 aromatic heterocycles. The molecule has 16 aromatic rings. The van der Waals surface area contributed by atoms with Gasteiger partial charge >= 0.3 is 0 Å². The summed E-state index contributed by atoms with van der Waals surface area (Å²) in [6.07, 6.45) is 10.5. The van der Waals surface area contributed by atoms with Gasteiger partial charge in [-0.3, -0.25) is 29.3 Å². The molecule has 0 spiro atoms. The number of benzene rings is 11. The SMILES string of the molecule is CC(=O)C=C(C)O.CC(=O)C=C(C)O.CC(C)CC(=O)C=C(O)CC(C)C.CC(C)Cc1cc(-c2[c-]cccc2)nc2ccc(F)cc12.Cc1[c-]c(-c2cc(CC(C)C)c3cc(-c4ccccc4)ccc3n2)cc(C)c1.Cc1c[c-]c(-c2cc(-c3ccc(C)cc3)c3cc(C)ccc3n2)cc1.Cc1cc(-c2[c-]cccc2)ncc1-c1ccccc1.Cc1ccnc(-c2[c-]cccc2)c1.[Ir].[Ir].[Ir].[Ir]. The standard InChI is InChI=1S/C27H26N.C24H20N.C19H17FN.C18H14N.C12H10N.C11H20O2.2C5H8O2.4Ir/c1-18(2)12-23-17-27(24-14-19(3)13-20(4)15-24)28-26-11-10-22(16-25(23)26)21-8-6-5-7-9-21;1-16-4-9-19(10-5-16)21-15-24(20-11-6-17(2)7-12-20)25-23-13-8-18(3)14-22(21)23;1-13(2)10-15-11-19(14-6-4-3-5-7-14)21-18-9-8-16(20)12-17(15)18;1-14-12-18(16-10-6-3-7-11-16)19-13-17(14)15-8-4-2-5-9-15;1-10-7-8-13-12(9-10)11-5-3-2-4-6-11;1-8(2)5-10(12)7-11(13)6-9(3)4;2*1-4(6)3-5(2)7;;;;/h5-11,13-14,16-18H,12H2,1-4H3;4-11,13-15H,1-3H3;3-6,8-9,11-13H,10H2,1-2H3;2-10,12-13H,1H3;2-5,7-9H,1H3;7-9,12H,5-6H2,1-4H3;2*3,6H,1-2H3;;;;/q5*-1;;;;;;;. The molecule has 0 bridgehead atoms. The largest absolute Gasteiger partial charge is 0.512 e. The molecular formula is C121H123FIr4N5O6-5. The quantitative estimate of drug-likeness (QED) is 0.0399. The summed E-state index contributed by atoms with van der Waals surface area (Å²) in [6.45, 7) is 37.3. The van der Waals surface area contributed by atoms with Crippen molar-refractivity contribution in [3.8, 4) is 89.7 Å². The van der Waals surface area contributed by atoms with E-state index in [1.165, 1.54) is 135 Å². The minimum absolute atomic E-state index is 0. The summed E-state index contributed by atoms with van der Waals surface area (Å²) in [5.41, 5.74) is 31.3. The molecule has 0 saturated heterocycles. The van der Waals surface area contributed by atoms with Crippen molar-refractivity contribution < 1.29 is 115 Å². The molecule has 16 rings (SSSR count). The first-order valence-corrected chi connectivity index (χ1v) is 45.2. The maximum Gasteiger partial charge on any atom is 0.159 e. The van der Waals surface area contributed by atoms with Crippen molar-refractivity contribution >= 4 is 50.1 Å². The van der Waals surface area contributed by atoms with Crippen LogP contribution in [0.15, 0.2) is 327 Å². The Morgan fingerprint density at radius 3 is 1.28 bits per heavy atom. The van der Waals surface area contributed by atoms with Crippen LogP contribution in [0.3, 0.4) is 0 Å². The van der Waals surface area contributed by atoms with E-state index >= 15 is 0 Å². The zero-order chi connectivity index (χ0) is 96.2. The molecule has 0 aliphatic rings. The van der Waals surface area contributed by atoms with Gasteiger partial charge in [0, 0.05) is 146 Å². The molecule has 5 heterocycles. The Hall–Kier alpha value is -11.9. The molecule has 716 valence electrons. The van der Waals surface area contributed by atoms with Gasteiger partial charge in [-0.25, -0.2) is 4.39 Å². The summed E-state index contributed by atoms with van der Waals surface area (Å²) in [7, 11) is 0. The third kappa shape index (κ3) is 38.9. The first-order valence-electron chi connectivity index (χ1n) is 45.2. The summed E-state index contributed by atoms with van der Waals surface area (Å²) in [5, 5.41) is 29.4. The third-order valence-electron chi connectivity index (χ3n) is 20.6. The molecule has 16 heteroatoms. The number of hydrogen-bond donors (Lipinski definition) is 3. The van der Waals surface area contributed by atoms with E-state index in [4.69, 9.17) is 20.2 Å². The van der Waals surface area contributed by atoms with Gasteiger partial charge in [0.25, 0.3) is 0 Å². The molecule has 0 unspecified atom stereocenters. The van der Waals surface area contributed by atoms with E-state index in [1.54, 1.807) is 12.1 Å². The number of allylic oxidation sites excluding steroid dienone is 6. The molecule has 11 aromatic carbocycles. The van der Waals surface area contributed by atoms with E-state index in [9.17, 15) is 23.9 Å². The van der Waals surface area contributed by atoms with Gasteiger partial charge in [-0.15, -0.1) is 178 Å². The van der Waals surface area contributed by atoms with Crippen molar-refractivity contribution in [2.75, 3.05) is 0 Å². The van der Waals surface area contributed by atoms with Crippen LogP contribution in [0.2, 0.25) is 0 Å². The number of hydrogen-bond acceptors (Lipinski definition) is 11. The third-order valence-corrected chi connectivity index (χ3v) is 20.6. The Morgan fingerprint density at radius 2 is 0.803 bits per heavy atom. The van der Waals surface area contributed by atoms with Crippen molar-refractivity contribution in [1.82, 2.24) is 24.9 Å². The minimum atomic E-state index is -0.215. The van der Waals surface area contributed by atoms with Gasteiger partial charge in [-0.1, -0.05) is 220 Å². The number of aliphatic hydroxyl groups excluding tert-OH is 3. The Morgan fingerprint density at radius 1 is 0.358 bits per heavy atom. The maximum atomic E-state index is 13.5. The second-order valence-electron chi connectivity index (χ2n) is 35.2. The topological polar surface area (TPSA) is 176 Å². The van der Waals surface area contributed by atoms with E-state index in [0.717, 1.165) is 102 Å². The zero-order valence-electron chi connectivity index (χ0n) is 81.6. The Bertz CT molecular complexity index is 6560. The first kappa shape index (κ1) is 116. The second-order valence-corrected chi connectivity index (χ2v) is 35.2. The van der Waals surface area contributed by atoms with Crippen LogP contribution in [0, 0.1) is 108 Å². The molecular weight excluding hydrogens is 2410 g/mol. The molecule has 0 fully saturated rings. The number of pyridine rings is 5. The fourth-order valence-electron chi connectivity index (χ4n) is 14.7. The van der Waals surface area contributed by atoms with Gasteiger partial charge < -0.3 is 25.3 Å². The summed E-state index contributed by atoms with van der Waals surface area (Å²) in [6, 6.07) is 111. The molecule has 0 saturated carbocycles. The summed E-state index contributed by atoms with van der Waals surface area (Å²) < 4.78 is 13.5. The van der Waals surface area contributed by atoms with Gasteiger partial charge in [0.2, 0.25) is 0 Å². The van der Waals surface area contributed by atoms with Gasteiger partial charge in [0.15, 0.2) is 17.3 Å². The zero-order valence-corrected chi connectivity index (χ0v) is 91.2. The van der Waals surface area contributed by atoms with Crippen LogP contribution in [0.25, 0.3) is 122 Å². The number of carbonyl (C=O) groups is 3. The molecule has 0 amide bonds. The molecule has 11 nitrogen and oxygen atoms in total. The number of ketones is 3. The molecule has 3 N–H and O–H groups in total. The Labute approximate surface area is 865 Å². The Balaban J connectivity index is 0.000000285. The second kappa shape index (κ2) is 58.6. The number of rotatable bonds is 19. The minimum Gasteiger partial charge on any atom is -0.512 e. The average Bonchev–Trinajstić information content (AvgIpc) is 0.783. The summed E-state index contributed by atoms with van der Waals surface area (Å²) in [5.74, 6) is 1.73.